The normalized spacial score (nSPS) is 10.9. The minimum atomic E-state index is 0.0440. The maximum Gasteiger partial charge on any atom is 0.152 e. The summed E-state index contributed by atoms with van der Waals surface area (Å²) in [4.78, 5) is 10.9. The first-order valence-electron chi connectivity index (χ1n) is 8.13. The van der Waals surface area contributed by atoms with Gasteiger partial charge < -0.3 is 10.1 Å². The molecule has 0 radical (unpaired) electrons. The molecule has 0 saturated carbocycles. The number of carbonyl (C=O) groups is 1. The van der Waals surface area contributed by atoms with Crippen LogP contribution < -0.4 is 10.1 Å². The molecule has 3 heteroatoms. The zero-order valence-corrected chi connectivity index (χ0v) is 15.5. The lowest BCUT2D eigenvalue weighted by molar-refractivity contribution is -0.112. The van der Waals surface area contributed by atoms with E-state index in [1.54, 1.807) is 13.0 Å². The highest BCUT2D eigenvalue weighted by molar-refractivity contribution is 5.91. The monoisotopic (exact) mass is 307 g/mol. The molecule has 0 fully saturated rings. The van der Waals surface area contributed by atoms with Crippen LogP contribution in [0.25, 0.3) is 6.08 Å². The summed E-state index contributed by atoms with van der Waals surface area (Å²) in [7, 11) is 1.90. The Hall–Kier alpha value is -1.61. The van der Waals surface area contributed by atoms with Crippen LogP contribution in [0.4, 0.5) is 0 Å². The quantitative estimate of drug-likeness (QED) is 0.778. The number of likely N-dealkylation sites (N-methyl/N-ethyl adjacent to an activating group) is 1. The number of hydrogen-bond donors (Lipinski definition) is 1. The fourth-order valence-corrected chi connectivity index (χ4v) is 1.72. The lowest BCUT2D eigenvalue weighted by Gasteiger charge is -2.15. The van der Waals surface area contributed by atoms with E-state index in [9.17, 15) is 4.79 Å². The number of carbonyl (C=O) groups excluding carboxylic acids is 1. The van der Waals surface area contributed by atoms with Gasteiger partial charge in [0, 0.05) is 6.54 Å². The Labute approximate surface area is 136 Å². The number of nitrogens with one attached hydrogen (secondary N) is 1. The Morgan fingerprint density at radius 1 is 1.23 bits per heavy atom. The SMILES string of the molecule is CC.CC.CNCC(C)Oc1cc(C)cc(/C=C/C(C)=O)c1. The molecule has 1 unspecified atom stereocenters. The van der Waals surface area contributed by atoms with Crippen LogP contribution in [0.2, 0.25) is 0 Å². The van der Waals surface area contributed by atoms with E-state index in [1.807, 2.05) is 72.9 Å². The molecule has 1 aromatic rings. The van der Waals surface area contributed by atoms with Crippen LogP contribution in [0.1, 0.15) is 52.7 Å². The third kappa shape index (κ3) is 11.1. The number of ether oxygens (including phenoxy) is 1. The van der Waals surface area contributed by atoms with Crippen molar-refractivity contribution < 1.29 is 9.53 Å². The predicted molar refractivity (Wildman–Crippen MR) is 97.6 cm³/mol. The highest BCUT2D eigenvalue weighted by atomic mass is 16.5. The van der Waals surface area contributed by atoms with Crippen molar-refractivity contribution in [1.29, 1.82) is 0 Å². The van der Waals surface area contributed by atoms with Gasteiger partial charge in [-0.3, -0.25) is 4.79 Å². The van der Waals surface area contributed by atoms with Gasteiger partial charge in [0.25, 0.3) is 0 Å². The molecule has 0 heterocycles. The fourth-order valence-electron chi connectivity index (χ4n) is 1.72. The average Bonchev–Trinajstić information content (AvgIpc) is 2.49. The molecule has 126 valence electrons. The number of ketones is 1. The summed E-state index contributed by atoms with van der Waals surface area (Å²) in [5.74, 6) is 0.878. The van der Waals surface area contributed by atoms with Gasteiger partial charge in [0.05, 0.1) is 0 Å². The fraction of sp³-hybridized carbons (Fsp3) is 0.526. The number of rotatable bonds is 6. The van der Waals surface area contributed by atoms with Crippen molar-refractivity contribution in [3.63, 3.8) is 0 Å². The van der Waals surface area contributed by atoms with E-state index >= 15 is 0 Å². The third-order valence-corrected chi connectivity index (χ3v) is 2.41. The van der Waals surface area contributed by atoms with Crippen molar-refractivity contribution in [3.05, 3.63) is 35.4 Å². The Balaban J connectivity index is 0. The summed E-state index contributed by atoms with van der Waals surface area (Å²) in [5, 5.41) is 3.07. The molecule has 1 atom stereocenters. The summed E-state index contributed by atoms with van der Waals surface area (Å²) in [6.07, 6.45) is 3.49. The van der Waals surface area contributed by atoms with E-state index < -0.39 is 0 Å². The smallest absolute Gasteiger partial charge is 0.152 e. The Morgan fingerprint density at radius 2 is 1.82 bits per heavy atom. The lowest BCUT2D eigenvalue weighted by atomic mass is 10.1. The summed E-state index contributed by atoms with van der Waals surface area (Å²) in [6.45, 7) is 14.4. The molecule has 22 heavy (non-hydrogen) atoms. The topological polar surface area (TPSA) is 38.3 Å². The summed E-state index contributed by atoms with van der Waals surface area (Å²) < 4.78 is 5.80. The van der Waals surface area contributed by atoms with Gasteiger partial charge in [-0.15, -0.1) is 0 Å². The molecule has 3 nitrogen and oxygen atoms in total. The van der Waals surface area contributed by atoms with E-state index in [2.05, 4.69) is 5.32 Å². The van der Waals surface area contributed by atoms with Crippen molar-refractivity contribution in [2.45, 2.75) is 54.6 Å². The third-order valence-electron chi connectivity index (χ3n) is 2.41. The van der Waals surface area contributed by atoms with Crippen LogP contribution in [0.5, 0.6) is 5.75 Å². The maximum atomic E-state index is 10.9. The molecular formula is C19H33NO2. The molecule has 0 aliphatic carbocycles. The average molecular weight is 307 g/mol. The second-order valence-electron chi connectivity index (χ2n) is 4.51. The van der Waals surface area contributed by atoms with E-state index in [-0.39, 0.29) is 11.9 Å². The van der Waals surface area contributed by atoms with Crippen LogP contribution >= 0.6 is 0 Å². The molecular weight excluding hydrogens is 274 g/mol. The zero-order valence-electron chi connectivity index (χ0n) is 15.5. The minimum absolute atomic E-state index is 0.0440. The summed E-state index contributed by atoms with van der Waals surface area (Å²) >= 11 is 0. The molecule has 0 aliphatic heterocycles. The van der Waals surface area contributed by atoms with Crippen LogP contribution in [0.3, 0.4) is 0 Å². The molecule has 0 spiro atoms. The Morgan fingerprint density at radius 3 is 2.32 bits per heavy atom. The van der Waals surface area contributed by atoms with E-state index in [1.165, 1.54) is 0 Å². The zero-order chi connectivity index (χ0) is 17.5. The highest BCUT2D eigenvalue weighted by Crippen LogP contribution is 2.19. The second kappa shape index (κ2) is 14.3. The standard InChI is InChI=1S/C15H21NO2.2C2H6/c1-11-7-14(6-5-12(2)17)9-15(8-11)18-13(3)10-16-4;2*1-2/h5-9,13,16H,10H2,1-4H3;2*1-2H3/b6-5+;;. The molecule has 0 aromatic heterocycles. The molecule has 0 saturated heterocycles. The van der Waals surface area contributed by atoms with Gasteiger partial charge in [-0.1, -0.05) is 39.8 Å². The maximum absolute atomic E-state index is 10.9. The molecule has 0 bridgehead atoms. The summed E-state index contributed by atoms with van der Waals surface area (Å²) in [6, 6.07) is 5.96. The van der Waals surface area contributed by atoms with Gasteiger partial charge in [-0.2, -0.15) is 0 Å². The number of aryl methyl sites for hydroxylation is 1. The Bertz CT molecular complexity index is 439. The van der Waals surface area contributed by atoms with E-state index in [4.69, 9.17) is 4.74 Å². The van der Waals surface area contributed by atoms with Gasteiger partial charge in [-0.05, 0) is 57.2 Å². The largest absolute Gasteiger partial charge is 0.489 e. The minimum Gasteiger partial charge on any atom is -0.489 e. The molecule has 1 rings (SSSR count). The first kappa shape index (κ1) is 22.7. The number of benzene rings is 1. The molecule has 0 aliphatic rings. The number of allylic oxidation sites excluding steroid dienone is 1. The summed E-state index contributed by atoms with van der Waals surface area (Å²) in [5.41, 5.74) is 2.10. The van der Waals surface area contributed by atoms with Gasteiger partial charge in [0.1, 0.15) is 11.9 Å². The van der Waals surface area contributed by atoms with Crippen LogP contribution in [-0.2, 0) is 4.79 Å². The predicted octanol–water partition coefficient (Wildman–Crippen LogP) is 4.64. The van der Waals surface area contributed by atoms with E-state index in [0.717, 1.165) is 23.4 Å². The van der Waals surface area contributed by atoms with Crippen molar-refractivity contribution in [1.82, 2.24) is 5.32 Å². The second-order valence-corrected chi connectivity index (χ2v) is 4.51. The van der Waals surface area contributed by atoms with Crippen LogP contribution in [-0.4, -0.2) is 25.5 Å². The molecule has 1 N–H and O–H groups in total. The van der Waals surface area contributed by atoms with Gasteiger partial charge in [0.15, 0.2) is 5.78 Å². The lowest BCUT2D eigenvalue weighted by Crippen LogP contribution is -2.26. The number of hydrogen-bond acceptors (Lipinski definition) is 3. The highest BCUT2D eigenvalue weighted by Gasteiger charge is 2.04. The first-order chi connectivity index (χ1) is 10.5. The van der Waals surface area contributed by atoms with Crippen molar-refractivity contribution in [3.8, 4) is 5.75 Å². The van der Waals surface area contributed by atoms with Gasteiger partial charge >= 0.3 is 0 Å². The van der Waals surface area contributed by atoms with Crippen molar-refractivity contribution in [2.24, 2.45) is 0 Å². The van der Waals surface area contributed by atoms with Gasteiger partial charge in [0.2, 0.25) is 0 Å². The van der Waals surface area contributed by atoms with Gasteiger partial charge in [-0.25, -0.2) is 0 Å². The van der Waals surface area contributed by atoms with E-state index in [0.29, 0.717) is 0 Å². The molecule has 1 aromatic carbocycles. The first-order valence-corrected chi connectivity index (χ1v) is 8.13. The Kier molecular flexibility index (Phi) is 14.8. The van der Waals surface area contributed by atoms with Crippen LogP contribution in [0.15, 0.2) is 24.3 Å². The van der Waals surface area contributed by atoms with Crippen molar-refractivity contribution in [2.75, 3.05) is 13.6 Å². The van der Waals surface area contributed by atoms with Crippen molar-refractivity contribution >= 4 is 11.9 Å². The van der Waals surface area contributed by atoms with Crippen LogP contribution in [0, 0.1) is 6.92 Å². The molecule has 0 amide bonds.